The minimum absolute atomic E-state index is 0.00574. The van der Waals surface area contributed by atoms with Crippen LogP contribution in [0.1, 0.15) is 19.2 Å². The van der Waals surface area contributed by atoms with Gasteiger partial charge >= 0.3 is 0 Å². The lowest BCUT2D eigenvalue weighted by atomic mass is 10.2. The summed E-state index contributed by atoms with van der Waals surface area (Å²) in [6.45, 7) is 3.89. The first-order valence-corrected chi connectivity index (χ1v) is 8.98. The predicted molar refractivity (Wildman–Crippen MR) is 88.4 cm³/mol. The molecule has 4 rings (SSSR count). The zero-order chi connectivity index (χ0) is 14.8. The first kappa shape index (κ1) is 14.4. The quantitative estimate of drug-likeness (QED) is 0.388. The van der Waals surface area contributed by atoms with Gasteiger partial charge in [-0.05, 0) is 13.8 Å². The summed E-state index contributed by atoms with van der Waals surface area (Å²) in [5.41, 5.74) is 1.37. The van der Waals surface area contributed by atoms with Crippen LogP contribution in [0, 0.1) is 3.83 Å². The highest BCUT2D eigenvalue weighted by atomic mass is 127. The zero-order valence-corrected chi connectivity index (χ0v) is 15.0. The molecule has 0 N–H and O–H groups in total. The molecule has 4 heterocycles. The maximum Gasteiger partial charge on any atom is 0.194 e. The Bertz CT molecular complexity index is 725. The van der Waals surface area contributed by atoms with E-state index in [1.54, 1.807) is 18.1 Å². The van der Waals surface area contributed by atoms with Crippen LogP contribution < -0.4 is 0 Å². The summed E-state index contributed by atoms with van der Waals surface area (Å²) in [5, 5.41) is 0.468. The van der Waals surface area contributed by atoms with E-state index < -0.39 is 5.79 Å². The Kier molecular flexibility index (Phi) is 3.38. The van der Waals surface area contributed by atoms with E-state index in [0.717, 1.165) is 11.4 Å². The fourth-order valence-corrected chi connectivity index (χ4v) is 5.01. The van der Waals surface area contributed by atoms with E-state index in [1.165, 1.54) is 0 Å². The van der Waals surface area contributed by atoms with Crippen molar-refractivity contribution in [2.45, 2.75) is 37.2 Å². The Labute approximate surface area is 144 Å². The Morgan fingerprint density at radius 1 is 1.43 bits per heavy atom. The van der Waals surface area contributed by atoms with Crippen molar-refractivity contribution in [3.63, 3.8) is 0 Å². The SMILES string of the molecule is CC1(C)O[C@H]2[C@H](n3cnc4c(Cl)nc(I)nc43)SC[C@H]2O1. The summed E-state index contributed by atoms with van der Waals surface area (Å²) < 4.78 is 14.6. The lowest BCUT2D eigenvalue weighted by Crippen LogP contribution is -2.26. The molecule has 21 heavy (non-hydrogen) atoms. The molecule has 2 fully saturated rings. The number of ether oxygens (including phenoxy) is 2. The number of rotatable bonds is 1. The number of halogens is 2. The van der Waals surface area contributed by atoms with Gasteiger partial charge in [0.1, 0.15) is 17.0 Å². The van der Waals surface area contributed by atoms with Crippen molar-refractivity contribution in [3.05, 3.63) is 15.3 Å². The molecule has 0 aliphatic carbocycles. The molecular formula is C12H12ClIN4O2S. The summed E-state index contributed by atoms with van der Waals surface area (Å²) in [4.78, 5) is 13.0. The van der Waals surface area contributed by atoms with Gasteiger partial charge in [-0.3, -0.25) is 4.57 Å². The van der Waals surface area contributed by atoms with Gasteiger partial charge < -0.3 is 9.47 Å². The highest BCUT2D eigenvalue weighted by molar-refractivity contribution is 14.1. The monoisotopic (exact) mass is 438 g/mol. The normalized spacial score (nSPS) is 31.0. The van der Waals surface area contributed by atoms with Crippen molar-refractivity contribution in [3.8, 4) is 0 Å². The lowest BCUT2D eigenvalue weighted by molar-refractivity contribution is -0.146. The standard InChI is InChI=1S/C12H12ClIN4O2S/c1-12(2)19-5-3-21-10(7(5)20-12)18-4-15-6-8(13)16-11(14)17-9(6)18/h4-5,7,10H,3H2,1-2H3/t5-,7-,10-/m1/s1. The minimum atomic E-state index is -0.536. The highest BCUT2D eigenvalue weighted by Crippen LogP contribution is 2.47. The van der Waals surface area contributed by atoms with Crippen LogP contribution in [0.15, 0.2) is 6.33 Å². The molecule has 0 unspecified atom stereocenters. The molecule has 0 aromatic carbocycles. The van der Waals surface area contributed by atoms with Gasteiger partial charge in [0, 0.05) is 28.3 Å². The molecule has 6 nitrogen and oxygen atoms in total. The fourth-order valence-electron chi connectivity index (χ4n) is 2.80. The van der Waals surface area contributed by atoms with Crippen LogP contribution in [-0.4, -0.2) is 43.3 Å². The lowest BCUT2D eigenvalue weighted by Gasteiger charge is -2.22. The molecule has 112 valence electrons. The smallest absolute Gasteiger partial charge is 0.194 e. The minimum Gasteiger partial charge on any atom is -0.344 e. The molecule has 3 atom stereocenters. The Hall–Kier alpha value is -0.160. The number of thioether (sulfide) groups is 1. The molecule has 2 aromatic rings. The highest BCUT2D eigenvalue weighted by Gasteiger charge is 2.50. The van der Waals surface area contributed by atoms with Gasteiger partial charge in [0.2, 0.25) is 0 Å². The summed E-state index contributed by atoms with van der Waals surface area (Å²) >= 11 is 9.99. The van der Waals surface area contributed by atoms with Gasteiger partial charge in [-0.15, -0.1) is 11.8 Å². The van der Waals surface area contributed by atoms with Crippen molar-refractivity contribution in [2.24, 2.45) is 0 Å². The number of hydrogen-bond acceptors (Lipinski definition) is 6. The van der Waals surface area contributed by atoms with Crippen molar-refractivity contribution in [1.29, 1.82) is 0 Å². The topological polar surface area (TPSA) is 62.1 Å². The molecule has 0 saturated carbocycles. The molecular weight excluding hydrogens is 427 g/mol. The second-order valence-corrected chi connectivity index (χ2v) is 7.94. The van der Waals surface area contributed by atoms with Gasteiger partial charge in [0.05, 0.1) is 12.4 Å². The first-order valence-electron chi connectivity index (χ1n) is 6.47. The summed E-state index contributed by atoms with van der Waals surface area (Å²) in [5.74, 6) is 0.361. The van der Waals surface area contributed by atoms with E-state index in [-0.39, 0.29) is 17.6 Å². The zero-order valence-electron chi connectivity index (χ0n) is 11.3. The van der Waals surface area contributed by atoms with E-state index in [9.17, 15) is 0 Å². The summed E-state index contributed by atoms with van der Waals surface area (Å²) in [6, 6.07) is 0. The Morgan fingerprint density at radius 2 is 2.24 bits per heavy atom. The third-order valence-corrected chi connectivity index (χ3v) is 5.66. The Balaban J connectivity index is 1.77. The number of aromatic nitrogens is 4. The van der Waals surface area contributed by atoms with Gasteiger partial charge in [0.15, 0.2) is 20.4 Å². The third kappa shape index (κ3) is 2.35. The first-order chi connectivity index (χ1) is 9.94. The number of nitrogens with zero attached hydrogens (tertiary/aromatic N) is 4. The number of hydrogen-bond donors (Lipinski definition) is 0. The average Bonchev–Trinajstić information content (AvgIpc) is 3.00. The predicted octanol–water partition coefficient (Wildman–Crippen LogP) is 2.85. The fraction of sp³-hybridized carbons (Fsp3) is 0.583. The van der Waals surface area contributed by atoms with E-state index >= 15 is 0 Å². The molecule has 2 saturated heterocycles. The van der Waals surface area contributed by atoms with Gasteiger partial charge in [-0.2, -0.15) is 0 Å². The molecule has 2 aromatic heterocycles. The van der Waals surface area contributed by atoms with Gasteiger partial charge in [-0.25, -0.2) is 15.0 Å². The number of fused-ring (bicyclic) bond motifs is 2. The maximum absolute atomic E-state index is 6.14. The van der Waals surface area contributed by atoms with E-state index in [2.05, 4.69) is 37.5 Å². The van der Waals surface area contributed by atoms with Gasteiger partial charge in [0.25, 0.3) is 0 Å². The molecule has 0 amide bonds. The van der Waals surface area contributed by atoms with Gasteiger partial charge in [-0.1, -0.05) is 11.6 Å². The van der Waals surface area contributed by atoms with E-state index in [4.69, 9.17) is 21.1 Å². The van der Waals surface area contributed by atoms with Crippen LogP contribution in [0.5, 0.6) is 0 Å². The van der Waals surface area contributed by atoms with Crippen LogP contribution in [0.3, 0.4) is 0 Å². The molecule has 2 aliphatic rings. The average molecular weight is 439 g/mol. The van der Waals surface area contributed by atoms with Crippen molar-refractivity contribution >= 4 is 57.1 Å². The molecule has 0 bridgehead atoms. The third-order valence-electron chi connectivity index (χ3n) is 3.56. The summed E-state index contributed by atoms with van der Waals surface area (Å²) in [6.07, 6.45) is 1.85. The molecule has 2 aliphatic heterocycles. The van der Waals surface area contributed by atoms with Crippen molar-refractivity contribution in [1.82, 2.24) is 19.5 Å². The Morgan fingerprint density at radius 3 is 3.05 bits per heavy atom. The van der Waals surface area contributed by atoms with Crippen LogP contribution in [0.2, 0.25) is 5.15 Å². The van der Waals surface area contributed by atoms with Crippen LogP contribution in [0.25, 0.3) is 11.2 Å². The second-order valence-electron chi connectivity index (χ2n) is 5.47. The number of imidazole rings is 1. The molecule has 9 heteroatoms. The van der Waals surface area contributed by atoms with E-state index in [0.29, 0.717) is 14.5 Å². The van der Waals surface area contributed by atoms with Crippen LogP contribution >= 0.6 is 46.0 Å². The van der Waals surface area contributed by atoms with Crippen LogP contribution in [0.4, 0.5) is 0 Å². The maximum atomic E-state index is 6.14. The summed E-state index contributed by atoms with van der Waals surface area (Å²) in [7, 11) is 0. The molecule has 0 radical (unpaired) electrons. The largest absolute Gasteiger partial charge is 0.344 e. The van der Waals surface area contributed by atoms with Crippen molar-refractivity contribution < 1.29 is 9.47 Å². The second kappa shape index (κ2) is 4.92. The van der Waals surface area contributed by atoms with Crippen LogP contribution in [-0.2, 0) is 9.47 Å². The molecule has 0 spiro atoms. The van der Waals surface area contributed by atoms with Crippen molar-refractivity contribution in [2.75, 3.05) is 5.75 Å². The van der Waals surface area contributed by atoms with E-state index in [1.807, 2.05) is 18.4 Å².